The van der Waals surface area contributed by atoms with E-state index in [1.54, 1.807) is 6.08 Å². The van der Waals surface area contributed by atoms with Gasteiger partial charge in [-0.05, 0) is 31.0 Å². The third-order valence-electron chi connectivity index (χ3n) is 4.28. The average molecular weight is 357 g/mol. The quantitative estimate of drug-likeness (QED) is 0.206. The minimum absolute atomic E-state index is 0.216. The van der Waals surface area contributed by atoms with Gasteiger partial charge in [0.05, 0.1) is 14.2 Å². The lowest BCUT2D eigenvalue weighted by molar-refractivity contribution is -0.158. The molecule has 0 bridgehead atoms. The molecule has 0 saturated heterocycles. The number of hydrogen-bond acceptors (Lipinski definition) is 5. The molecule has 0 aromatic heterocycles. The topological polar surface area (TPSA) is 61.8 Å². The van der Waals surface area contributed by atoms with E-state index in [-0.39, 0.29) is 11.5 Å². The zero-order valence-corrected chi connectivity index (χ0v) is 17.0. The standard InChI is InChI=1S/C18H32O5Si/c1-18(2,3)24(6,7)23-14-12-10-8-9-11-13-15(16(19)21-4)17(20)22-5/h8-11,15H,12-14H2,1-7H3/b10-8+,11-9+. The Morgan fingerprint density at radius 3 is 1.96 bits per heavy atom. The van der Waals surface area contributed by atoms with E-state index in [0.717, 1.165) is 6.42 Å². The van der Waals surface area contributed by atoms with Gasteiger partial charge in [-0.15, -0.1) is 0 Å². The van der Waals surface area contributed by atoms with Gasteiger partial charge in [0.25, 0.3) is 0 Å². The molecular weight excluding hydrogens is 324 g/mol. The van der Waals surface area contributed by atoms with E-state index in [1.807, 2.05) is 18.2 Å². The fraction of sp³-hybridized carbons (Fsp3) is 0.667. The highest BCUT2D eigenvalue weighted by atomic mass is 28.4. The van der Waals surface area contributed by atoms with Crippen molar-refractivity contribution in [3.8, 4) is 0 Å². The van der Waals surface area contributed by atoms with Crippen molar-refractivity contribution in [2.45, 2.75) is 51.7 Å². The summed E-state index contributed by atoms with van der Waals surface area (Å²) in [6, 6.07) is 0. The molecule has 0 spiro atoms. The molecule has 24 heavy (non-hydrogen) atoms. The molecule has 0 heterocycles. The SMILES string of the molecule is COC(=O)C(C/C=C/C=C/CCO[Si](C)(C)C(C)(C)C)C(=O)OC. The van der Waals surface area contributed by atoms with Crippen molar-refractivity contribution in [3.05, 3.63) is 24.3 Å². The summed E-state index contributed by atoms with van der Waals surface area (Å²) in [5.74, 6) is -2.08. The molecule has 0 aliphatic rings. The fourth-order valence-corrected chi connectivity index (χ4v) is 2.70. The summed E-state index contributed by atoms with van der Waals surface area (Å²) < 4.78 is 15.3. The average Bonchev–Trinajstić information content (AvgIpc) is 2.50. The van der Waals surface area contributed by atoms with Gasteiger partial charge in [-0.2, -0.15) is 0 Å². The van der Waals surface area contributed by atoms with Gasteiger partial charge in [-0.1, -0.05) is 45.1 Å². The summed E-state index contributed by atoms with van der Waals surface area (Å²) in [4.78, 5) is 23.0. The molecule has 0 radical (unpaired) electrons. The van der Waals surface area contributed by atoms with Gasteiger partial charge in [0.2, 0.25) is 0 Å². The number of carbonyl (C=O) groups excluding carboxylic acids is 2. The van der Waals surface area contributed by atoms with Crippen LogP contribution < -0.4 is 0 Å². The van der Waals surface area contributed by atoms with E-state index in [4.69, 9.17) is 4.43 Å². The van der Waals surface area contributed by atoms with Gasteiger partial charge in [-0.25, -0.2) is 0 Å². The van der Waals surface area contributed by atoms with Crippen LogP contribution in [0.4, 0.5) is 0 Å². The Balaban J connectivity index is 4.25. The molecule has 0 aliphatic carbocycles. The Bertz CT molecular complexity index is 445. The summed E-state index contributed by atoms with van der Waals surface area (Å²) in [6.07, 6.45) is 8.54. The molecule has 0 atom stereocenters. The van der Waals surface area contributed by atoms with E-state index >= 15 is 0 Å². The Morgan fingerprint density at radius 2 is 1.50 bits per heavy atom. The molecule has 6 heteroatoms. The molecule has 138 valence electrons. The highest BCUT2D eigenvalue weighted by molar-refractivity contribution is 6.74. The van der Waals surface area contributed by atoms with Crippen LogP contribution in [0, 0.1) is 5.92 Å². The normalized spacial score (nSPS) is 13.0. The van der Waals surface area contributed by atoms with Crippen LogP contribution in [0.25, 0.3) is 0 Å². The van der Waals surface area contributed by atoms with Crippen LogP contribution in [-0.4, -0.2) is 41.1 Å². The maximum absolute atomic E-state index is 11.5. The van der Waals surface area contributed by atoms with Crippen molar-refractivity contribution in [1.82, 2.24) is 0 Å². The second-order valence-corrected chi connectivity index (χ2v) is 11.9. The first-order chi connectivity index (χ1) is 11.1. The highest BCUT2D eigenvalue weighted by Gasteiger charge is 2.36. The summed E-state index contributed by atoms with van der Waals surface area (Å²) in [7, 11) is 0.825. The zero-order chi connectivity index (χ0) is 18.8. The predicted molar refractivity (Wildman–Crippen MR) is 98.2 cm³/mol. The minimum atomic E-state index is -1.68. The van der Waals surface area contributed by atoms with Gasteiger partial charge in [-0.3, -0.25) is 9.59 Å². The van der Waals surface area contributed by atoms with E-state index in [0.29, 0.717) is 6.61 Å². The van der Waals surface area contributed by atoms with Gasteiger partial charge < -0.3 is 13.9 Å². The third kappa shape index (κ3) is 7.92. The number of rotatable bonds is 9. The second-order valence-electron chi connectivity index (χ2n) is 7.09. The van der Waals surface area contributed by atoms with Crippen molar-refractivity contribution in [3.63, 3.8) is 0 Å². The van der Waals surface area contributed by atoms with Gasteiger partial charge in [0.15, 0.2) is 14.2 Å². The Labute approximate surface area is 147 Å². The first-order valence-corrected chi connectivity index (χ1v) is 11.1. The summed E-state index contributed by atoms with van der Waals surface area (Å²) in [6.45, 7) is 11.8. The molecule has 5 nitrogen and oxygen atoms in total. The third-order valence-corrected chi connectivity index (χ3v) is 8.82. The van der Waals surface area contributed by atoms with E-state index in [9.17, 15) is 9.59 Å². The van der Waals surface area contributed by atoms with Crippen molar-refractivity contribution >= 4 is 20.3 Å². The van der Waals surface area contributed by atoms with Crippen molar-refractivity contribution in [2.24, 2.45) is 5.92 Å². The Kier molecular flexibility index (Phi) is 9.85. The molecule has 0 N–H and O–H groups in total. The maximum Gasteiger partial charge on any atom is 0.320 e. The maximum atomic E-state index is 11.5. The van der Waals surface area contributed by atoms with Gasteiger partial charge in [0, 0.05) is 6.61 Å². The number of esters is 2. The number of hydrogen-bond donors (Lipinski definition) is 0. The van der Waals surface area contributed by atoms with Crippen LogP contribution in [0.1, 0.15) is 33.6 Å². The van der Waals surface area contributed by atoms with Gasteiger partial charge in [0.1, 0.15) is 0 Å². The van der Waals surface area contributed by atoms with Crippen LogP contribution >= 0.6 is 0 Å². The molecule has 0 aromatic carbocycles. The van der Waals surface area contributed by atoms with Crippen LogP contribution in [-0.2, 0) is 23.5 Å². The van der Waals surface area contributed by atoms with Crippen LogP contribution in [0.5, 0.6) is 0 Å². The molecular formula is C18H32O5Si. The molecule has 0 amide bonds. The van der Waals surface area contributed by atoms with Gasteiger partial charge >= 0.3 is 11.9 Å². The van der Waals surface area contributed by atoms with Crippen molar-refractivity contribution < 1.29 is 23.5 Å². The lowest BCUT2D eigenvalue weighted by Crippen LogP contribution is -2.40. The number of carbonyl (C=O) groups is 2. The van der Waals surface area contributed by atoms with Crippen LogP contribution in [0.2, 0.25) is 18.1 Å². The Morgan fingerprint density at radius 1 is 1.00 bits per heavy atom. The van der Waals surface area contributed by atoms with E-state index < -0.39 is 26.2 Å². The van der Waals surface area contributed by atoms with Crippen LogP contribution in [0.3, 0.4) is 0 Å². The first kappa shape index (κ1) is 22.6. The summed E-state index contributed by atoms with van der Waals surface area (Å²) in [5.41, 5.74) is 0. The predicted octanol–water partition coefficient (Wildman–Crippen LogP) is 3.86. The summed E-state index contributed by atoms with van der Waals surface area (Å²) >= 11 is 0. The lowest BCUT2D eigenvalue weighted by Gasteiger charge is -2.36. The number of methoxy groups -OCH3 is 2. The molecule has 0 saturated carbocycles. The fourth-order valence-electron chi connectivity index (χ4n) is 1.64. The van der Waals surface area contributed by atoms with Crippen molar-refractivity contribution in [2.75, 3.05) is 20.8 Å². The van der Waals surface area contributed by atoms with Crippen LogP contribution in [0.15, 0.2) is 24.3 Å². The highest BCUT2D eigenvalue weighted by Crippen LogP contribution is 2.36. The first-order valence-electron chi connectivity index (χ1n) is 8.18. The number of ether oxygens (including phenoxy) is 2. The van der Waals surface area contributed by atoms with E-state index in [2.05, 4.69) is 43.3 Å². The lowest BCUT2D eigenvalue weighted by atomic mass is 10.1. The molecule has 0 aliphatic heterocycles. The Hall–Kier alpha value is -1.40. The number of allylic oxidation sites excluding steroid dienone is 3. The summed E-state index contributed by atoms with van der Waals surface area (Å²) in [5, 5.41) is 0.216. The zero-order valence-electron chi connectivity index (χ0n) is 16.0. The molecule has 0 aromatic rings. The smallest absolute Gasteiger partial charge is 0.320 e. The van der Waals surface area contributed by atoms with E-state index in [1.165, 1.54) is 14.2 Å². The molecule has 0 fully saturated rings. The molecule has 0 unspecified atom stereocenters. The second kappa shape index (κ2) is 10.5. The largest absolute Gasteiger partial charge is 0.468 e. The molecule has 0 rings (SSSR count). The monoisotopic (exact) mass is 356 g/mol. The minimum Gasteiger partial charge on any atom is -0.468 e. The van der Waals surface area contributed by atoms with Crippen molar-refractivity contribution in [1.29, 1.82) is 0 Å².